The molecular formula is C18H36O3Si. The van der Waals surface area contributed by atoms with Crippen LogP contribution >= 0.6 is 0 Å². The van der Waals surface area contributed by atoms with Crippen LogP contribution in [0, 0.1) is 0 Å². The summed E-state index contributed by atoms with van der Waals surface area (Å²) in [7, 11) is -1.82. The van der Waals surface area contributed by atoms with Crippen LogP contribution in [0.25, 0.3) is 0 Å². The van der Waals surface area contributed by atoms with Crippen molar-refractivity contribution in [2.45, 2.75) is 85.0 Å². The van der Waals surface area contributed by atoms with Gasteiger partial charge in [0.1, 0.15) is 0 Å². The minimum Gasteiger partial charge on any atom is -0.463 e. The van der Waals surface area contributed by atoms with Crippen molar-refractivity contribution in [3.05, 3.63) is 11.3 Å². The molecule has 0 rings (SSSR count). The van der Waals surface area contributed by atoms with E-state index in [0.29, 0.717) is 35.4 Å². The van der Waals surface area contributed by atoms with E-state index >= 15 is 0 Å². The molecule has 3 nitrogen and oxygen atoms in total. The summed E-state index contributed by atoms with van der Waals surface area (Å²) in [5, 5.41) is 0. The van der Waals surface area contributed by atoms with Crippen LogP contribution in [-0.2, 0) is 14.3 Å². The first-order valence-corrected chi connectivity index (χ1v) is 11.0. The zero-order valence-corrected chi connectivity index (χ0v) is 17.0. The van der Waals surface area contributed by atoms with Gasteiger partial charge >= 0.3 is 5.97 Å². The summed E-state index contributed by atoms with van der Waals surface area (Å²) in [6.07, 6.45) is -0.216. The van der Waals surface area contributed by atoms with Crippen LogP contribution in [0.4, 0.5) is 0 Å². The Morgan fingerprint density at radius 2 is 1.36 bits per heavy atom. The highest BCUT2D eigenvalue weighted by Crippen LogP contribution is 2.43. The van der Waals surface area contributed by atoms with Gasteiger partial charge in [0, 0.05) is 6.61 Å². The quantitative estimate of drug-likeness (QED) is 0.335. The maximum atomic E-state index is 12.5. The van der Waals surface area contributed by atoms with Crippen molar-refractivity contribution in [2.24, 2.45) is 0 Å². The molecule has 0 saturated heterocycles. The molecule has 0 spiro atoms. The summed E-state index contributed by atoms with van der Waals surface area (Å²) in [5.74, 6) is -0.220. The first-order valence-electron chi connectivity index (χ1n) is 8.66. The Balaban J connectivity index is 6.01. The Morgan fingerprint density at radius 3 is 1.68 bits per heavy atom. The Hall–Kier alpha value is -0.613. The average molecular weight is 329 g/mol. The monoisotopic (exact) mass is 328 g/mol. The van der Waals surface area contributed by atoms with Crippen molar-refractivity contribution in [1.29, 1.82) is 0 Å². The van der Waals surface area contributed by atoms with E-state index in [1.54, 1.807) is 0 Å². The first kappa shape index (κ1) is 21.4. The summed E-state index contributed by atoms with van der Waals surface area (Å²) in [6.45, 7) is 20.5. The van der Waals surface area contributed by atoms with Crippen LogP contribution in [0.5, 0.6) is 0 Å². The van der Waals surface area contributed by atoms with Crippen molar-refractivity contribution in [2.75, 3.05) is 13.2 Å². The standard InChI is InChI=1S/C18H36O3Si/c1-10-20-16(9)17(18(19)21-11-2)12-22(13(3)4,14(5)6)15(7)8/h12-16H,10-11H2,1-9H3/b17-12-. The lowest BCUT2D eigenvalue weighted by Crippen LogP contribution is -2.44. The summed E-state index contributed by atoms with van der Waals surface area (Å²) in [6, 6.07) is 0. The van der Waals surface area contributed by atoms with Gasteiger partial charge in [0.2, 0.25) is 0 Å². The number of carbonyl (C=O) groups is 1. The third kappa shape index (κ3) is 4.95. The number of rotatable bonds is 9. The Labute approximate surface area is 138 Å². The largest absolute Gasteiger partial charge is 0.463 e. The van der Waals surface area contributed by atoms with Crippen LogP contribution in [0.2, 0.25) is 16.6 Å². The van der Waals surface area contributed by atoms with Gasteiger partial charge in [0.25, 0.3) is 0 Å². The van der Waals surface area contributed by atoms with E-state index in [9.17, 15) is 4.79 Å². The smallest absolute Gasteiger partial charge is 0.335 e. The fraction of sp³-hybridized carbons (Fsp3) is 0.833. The van der Waals surface area contributed by atoms with Crippen molar-refractivity contribution in [1.82, 2.24) is 0 Å². The van der Waals surface area contributed by atoms with Gasteiger partial charge in [0.05, 0.1) is 26.4 Å². The van der Waals surface area contributed by atoms with E-state index in [1.165, 1.54) is 0 Å². The summed E-state index contributed by atoms with van der Waals surface area (Å²) in [5.41, 5.74) is 4.68. The van der Waals surface area contributed by atoms with Crippen LogP contribution in [0.3, 0.4) is 0 Å². The van der Waals surface area contributed by atoms with Crippen molar-refractivity contribution >= 4 is 14.0 Å². The molecule has 1 atom stereocenters. The first-order chi connectivity index (χ1) is 10.1. The van der Waals surface area contributed by atoms with Gasteiger partial charge in [-0.05, 0) is 37.4 Å². The number of carbonyl (C=O) groups excluding carboxylic acids is 1. The van der Waals surface area contributed by atoms with E-state index in [4.69, 9.17) is 9.47 Å². The van der Waals surface area contributed by atoms with E-state index in [1.807, 2.05) is 20.8 Å². The van der Waals surface area contributed by atoms with Gasteiger partial charge in [-0.1, -0.05) is 47.2 Å². The zero-order chi connectivity index (χ0) is 17.5. The lowest BCUT2D eigenvalue weighted by molar-refractivity contribution is -0.139. The molecule has 0 radical (unpaired) electrons. The zero-order valence-electron chi connectivity index (χ0n) is 16.0. The van der Waals surface area contributed by atoms with Gasteiger partial charge in [-0.3, -0.25) is 0 Å². The van der Waals surface area contributed by atoms with E-state index in [0.717, 1.165) is 0 Å². The lowest BCUT2D eigenvalue weighted by atomic mass is 10.2. The summed E-state index contributed by atoms with van der Waals surface area (Å²) < 4.78 is 11.0. The van der Waals surface area contributed by atoms with Gasteiger partial charge in [-0.2, -0.15) is 0 Å². The predicted molar refractivity (Wildman–Crippen MR) is 96.9 cm³/mol. The molecule has 4 heteroatoms. The molecule has 0 heterocycles. The van der Waals surface area contributed by atoms with Gasteiger partial charge in [0.15, 0.2) is 0 Å². The number of hydrogen-bond donors (Lipinski definition) is 0. The number of esters is 1. The summed E-state index contributed by atoms with van der Waals surface area (Å²) in [4.78, 5) is 12.5. The normalized spacial score (nSPS) is 14.8. The minimum atomic E-state index is -1.82. The Bertz CT molecular complexity index is 351. The molecule has 1 unspecified atom stereocenters. The summed E-state index contributed by atoms with van der Waals surface area (Å²) >= 11 is 0. The van der Waals surface area contributed by atoms with Crippen LogP contribution < -0.4 is 0 Å². The molecule has 0 aromatic rings. The SMILES string of the molecule is CCOC(=O)/C(=C\[Si](C(C)C)(C(C)C)C(C)C)C(C)OCC. The topological polar surface area (TPSA) is 35.5 Å². The van der Waals surface area contributed by atoms with E-state index in [2.05, 4.69) is 47.2 Å². The number of ether oxygens (including phenoxy) is 2. The third-order valence-corrected chi connectivity index (χ3v) is 11.6. The highest BCUT2D eigenvalue weighted by Gasteiger charge is 2.42. The van der Waals surface area contributed by atoms with Gasteiger partial charge < -0.3 is 9.47 Å². The van der Waals surface area contributed by atoms with Gasteiger partial charge in [-0.25, -0.2) is 4.79 Å². The highest BCUT2D eigenvalue weighted by atomic mass is 28.3. The van der Waals surface area contributed by atoms with Crippen molar-refractivity contribution in [3.63, 3.8) is 0 Å². The fourth-order valence-electron chi connectivity index (χ4n) is 3.67. The predicted octanol–water partition coefficient (Wildman–Crippen LogP) is 5.12. The molecule has 0 aromatic carbocycles. The second-order valence-electron chi connectivity index (χ2n) is 6.88. The molecule has 0 aliphatic carbocycles. The highest BCUT2D eigenvalue weighted by molar-refractivity contribution is 6.88. The van der Waals surface area contributed by atoms with Gasteiger partial charge in [-0.15, -0.1) is 0 Å². The molecule has 0 N–H and O–H groups in total. The van der Waals surface area contributed by atoms with Crippen LogP contribution in [0.1, 0.15) is 62.3 Å². The fourth-order valence-corrected chi connectivity index (χ4v) is 9.56. The second-order valence-corrected chi connectivity index (χ2v) is 12.6. The molecule has 0 aliphatic rings. The molecule has 22 heavy (non-hydrogen) atoms. The molecule has 0 amide bonds. The third-order valence-electron chi connectivity index (χ3n) is 4.77. The van der Waals surface area contributed by atoms with E-state index < -0.39 is 8.07 Å². The van der Waals surface area contributed by atoms with Crippen LogP contribution in [-0.4, -0.2) is 33.4 Å². The van der Waals surface area contributed by atoms with E-state index in [-0.39, 0.29) is 12.1 Å². The number of hydrogen-bond acceptors (Lipinski definition) is 3. The molecule has 0 aliphatic heterocycles. The molecule has 0 aromatic heterocycles. The van der Waals surface area contributed by atoms with Crippen molar-refractivity contribution in [3.8, 4) is 0 Å². The minimum absolute atomic E-state index is 0.216. The molecule has 0 saturated carbocycles. The lowest BCUT2D eigenvalue weighted by Gasteiger charge is -2.41. The molecule has 0 fully saturated rings. The maximum Gasteiger partial charge on any atom is 0.335 e. The Kier molecular flexibility index (Phi) is 9.24. The Morgan fingerprint density at radius 1 is 0.909 bits per heavy atom. The molecule has 0 bridgehead atoms. The second kappa shape index (κ2) is 9.51. The molecule has 130 valence electrons. The van der Waals surface area contributed by atoms with Crippen molar-refractivity contribution < 1.29 is 14.3 Å². The maximum absolute atomic E-state index is 12.5. The van der Waals surface area contributed by atoms with Crippen LogP contribution in [0.15, 0.2) is 11.3 Å². The molecular weight excluding hydrogens is 292 g/mol. The average Bonchev–Trinajstić information content (AvgIpc) is 2.38.